The van der Waals surface area contributed by atoms with Crippen LogP contribution in [0.2, 0.25) is 0 Å². The van der Waals surface area contributed by atoms with Gasteiger partial charge in [-0.1, -0.05) is 13.8 Å². The molecule has 0 aromatic carbocycles. The summed E-state index contributed by atoms with van der Waals surface area (Å²) in [6.07, 6.45) is 1.69. The topological polar surface area (TPSA) is 49.3 Å². The van der Waals surface area contributed by atoms with E-state index in [2.05, 4.69) is 5.32 Å². The molecule has 2 N–H and O–H groups in total. The first-order chi connectivity index (χ1) is 6.80. The Labute approximate surface area is 93.3 Å². The molecule has 3 heteroatoms. The summed E-state index contributed by atoms with van der Waals surface area (Å²) in [7, 11) is 0. The fourth-order valence-corrected chi connectivity index (χ4v) is 1.43. The van der Waals surface area contributed by atoms with E-state index in [0.29, 0.717) is 12.8 Å². The van der Waals surface area contributed by atoms with Crippen molar-refractivity contribution in [2.75, 3.05) is 0 Å². The molecule has 0 aromatic heterocycles. The molecule has 0 aliphatic rings. The largest absolute Gasteiger partial charge is 0.393 e. The van der Waals surface area contributed by atoms with Gasteiger partial charge >= 0.3 is 0 Å². The molecule has 0 unspecified atom stereocenters. The van der Waals surface area contributed by atoms with Crippen LogP contribution in [0.15, 0.2) is 0 Å². The van der Waals surface area contributed by atoms with Gasteiger partial charge in [0, 0.05) is 11.5 Å². The van der Waals surface area contributed by atoms with Gasteiger partial charge in [-0.15, -0.1) is 0 Å². The monoisotopic (exact) mass is 215 g/mol. The molecule has 15 heavy (non-hydrogen) atoms. The van der Waals surface area contributed by atoms with E-state index < -0.39 is 0 Å². The Morgan fingerprint density at radius 3 is 2.13 bits per heavy atom. The lowest BCUT2D eigenvalue weighted by Crippen LogP contribution is -2.44. The normalized spacial score (nSPS) is 15.9. The third kappa shape index (κ3) is 6.50. The minimum Gasteiger partial charge on any atom is -0.393 e. The van der Waals surface area contributed by atoms with Gasteiger partial charge in [-0.05, 0) is 40.0 Å². The highest BCUT2D eigenvalue weighted by Crippen LogP contribution is 2.14. The zero-order chi connectivity index (χ0) is 12.1. The Morgan fingerprint density at radius 2 is 1.80 bits per heavy atom. The SMILES string of the molecule is CC[C@@H](O)C[C@@H](CC)C(=O)NC(C)(C)C. The standard InChI is InChI=1S/C12H25NO2/c1-6-9(8-10(14)7-2)11(15)13-12(3,4)5/h9-10,14H,6-8H2,1-5H3,(H,13,15)/t9-,10-/m1/s1. The Balaban J connectivity index is 4.23. The quantitative estimate of drug-likeness (QED) is 0.737. The number of carbonyl (C=O) groups is 1. The zero-order valence-corrected chi connectivity index (χ0v) is 10.6. The predicted molar refractivity (Wildman–Crippen MR) is 62.6 cm³/mol. The van der Waals surface area contributed by atoms with Crippen LogP contribution < -0.4 is 5.32 Å². The van der Waals surface area contributed by atoms with Gasteiger partial charge in [-0.3, -0.25) is 4.79 Å². The van der Waals surface area contributed by atoms with Crippen LogP contribution in [0.4, 0.5) is 0 Å². The molecule has 0 fully saturated rings. The number of rotatable bonds is 5. The summed E-state index contributed by atoms with van der Waals surface area (Å²) in [5, 5.41) is 12.5. The summed E-state index contributed by atoms with van der Waals surface area (Å²) in [6, 6.07) is 0. The Kier molecular flexibility index (Phi) is 5.88. The maximum absolute atomic E-state index is 11.8. The number of hydrogen-bond acceptors (Lipinski definition) is 2. The molecule has 2 atom stereocenters. The van der Waals surface area contributed by atoms with Crippen molar-refractivity contribution in [3.8, 4) is 0 Å². The molecule has 1 amide bonds. The highest BCUT2D eigenvalue weighted by molar-refractivity contribution is 5.79. The van der Waals surface area contributed by atoms with Crippen molar-refractivity contribution in [1.82, 2.24) is 5.32 Å². The van der Waals surface area contributed by atoms with E-state index in [9.17, 15) is 9.90 Å². The van der Waals surface area contributed by atoms with Crippen molar-refractivity contribution in [2.24, 2.45) is 5.92 Å². The second-order valence-electron chi connectivity index (χ2n) is 5.14. The van der Waals surface area contributed by atoms with Crippen molar-refractivity contribution in [1.29, 1.82) is 0 Å². The summed E-state index contributed by atoms with van der Waals surface area (Å²) >= 11 is 0. The Bertz CT molecular complexity index is 196. The Hall–Kier alpha value is -0.570. The summed E-state index contributed by atoms with van der Waals surface area (Å²) in [5.74, 6) is -0.0170. The fourth-order valence-electron chi connectivity index (χ4n) is 1.43. The molecule has 0 aromatic rings. The first-order valence-electron chi connectivity index (χ1n) is 5.80. The first kappa shape index (κ1) is 14.4. The van der Waals surface area contributed by atoms with Crippen molar-refractivity contribution < 1.29 is 9.90 Å². The summed E-state index contributed by atoms with van der Waals surface area (Å²) in [5.41, 5.74) is -0.193. The lowest BCUT2D eigenvalue weighted by atomic mass is 9.95. The maximum atomic E-state index is 11.8. The zero-order valence-electron chi connectivity index (χ0n) is 10.6. The van der Waals surface area contributed by atoms with E-state index in [1.165, 1.54) is 0 Å². The highest BCUT2D eigenvalue weighted by Gasteiger charge is 2.23. The third-order valence-corrected chi connectivity index (χ3v) is 2.39. The van der Waals surface area contributed by atoms with Gasteiger partial charge in [0.1, 0.15) is 0 Å². The van der Waals surface area contributed by atoms with Crippen molar-refractivity contribution >= 4 is 5.91 Å². The van der Waals surface area contributed by atoms with E-state index in [1.54, 1.807) is 0 Å². The number of nitrogens with one attached hydrogen (secondary N) is 1. The number of aliphatic hydroxyl groups is 1. The van der Waals surface area contributed by atoms with E-state index in [1.807, 2.05) is 34.6 Å². The van der Waals surface area contributed by atoms with Crippen molar-refractivity contribution in [3.05, 3.63) is 0 Å². The number of aliphatic hydroxyl groups excluding tert-OH is 1. The van der Waals surface area contributed by atoms with Gasteiger partial charge in [0.25, 0.3) is 0 Å². The summed E-state index contributed by atoms with van der Waals surface area (Å²) in [4.78, 5) is 11.8. The molecule has 0 aliphatic heterocycles. The second kappa shape index (κ2) is 6.11. The Morgan fingerprint density at radius 1 is 1.27 bits per heavy atom. The molecule has 0 saturated carbocycles. The molecular weight excluding hydrogens is 190 g/mol. The molecule has 3 nitrogen and oxygen atoms in total. The average Bonchev–Trinajstić information content (AvgIpc) is 2.10. The molecule has 0 saturated heterocycles. The lowest BCUT2D eigenvalue weighted by molar-refractivity contribution is -0.127. The van der Waals surface area contributed by atoms with E-state index in [0.717, 1.165) is 6.42 Å². The van der Waals surface area contributed by atoms with Crippen molar-refractivity contribution in [2.45, 2.75) is 65.5 Å². The first-order valence-corrected chi connectivity index (χ1v) is 5.80. The molecule has 90 valence electrons. The third-order valence-electron chi connectivity index (χ3n) is 2.39. The van der Waals surface area contributed by atoms with E-state index >= 15 is 0 Å². The van der Waals surface area contributed by atoms with Crippen LogP contribution >= 0.6 is 0 Å². The van der Waals surface area contributed by atoms with Crippen LogP contribution in [-0.4, -0.2) is 22.7 Å². The number of amides is 1. The van der Waals surface area contributed by atoms with Gasteiger partial charge in [0.05, 0.1) is 6.10 Å². The van der Waals surface area contributed by atoms with Crippen LogP contribution in [-0.2, 0) is 4.79 Å². The molecule has 0 bridgehead atoms. The minimum absolute atomic E-state index is 0.0532. The maximum Gasteiger partial charge on any atom is 0.223 e. The van der Waals surface area contributed by atoms with Gasteiger partial charge < -0.3 is 10.4 Å². The predicted octanol–water partition coefficient (Wildman–Crippen LogP) is 2.09. The van der Waals surface area contributed by atoms with Crippen LogP contribution in [0, 0.1) is 5.92 Å². The van der Waals surface area contributed by atoms with Gasteiger partial charge in [0.15, 0.2) is 0 Å². The number of hydrogen-bond donors (Lipinski definition) is 2. The molecule has 0 heterocycles. The van der Waals surface area contributed by atoms with Gasteiger partial charge in [-0.25, -0.2) is 0 Å². The smallest absolute Gasteiger partial charge is 0.223 e. The van der Waals surface area contributed by atoms with Crippen LogP contribution in [0.1, 0.15) is 53.9 Å². The molecular formula is C12H25NO2. The molecule has 0 spiro atoms. The van der Waals surface area contributed by atoms with Gasteiger partial charge in [0.2, 0.25) is 5.91 Å². The fraction of sp³-hybridized carbons (Fsp3) is 0.917. The second-order valence-corrected chi connectivity index (χ2v) is 5.14. The van der Waals surface area contributed by atoms with Crippen LogP contribution in [0.5, 0.6) is 0 Å². The van der Waals surface area contributed by atoms with Crippen LogP contribution in [0.3, 0.4) is 0 Å². The summed E-state index contributed by atoms with van der Waals surface area (Å²) in [6.45, 7) is 9.81. The van der Waals surface area contributed by atoms with E-state index in [-0.39, 0.29) is 23.5 Å². The molecule has 0 aliphatic carbocycles. The lowest BCUT2D eigenvalue weighted by Gasteiger charge is -2.25. The van der Waals surface area contributed by atoms with E-state index in [4.69, 9.17) is 0 Å². The van der Waals surface area contributed by atoms with Crippen LogP contribution in [0.25, 0.3) is 0 Å². The molecule has 0 rings (SSSR count). The number of carbonyl (C=O) groups excluding carboxylic acids is 1. The highest BCUT2D eigenvalue weighted by atomic mass is 16.3. The van der Waals surface area contributed by atoms with Crippen molar-refractivity contribution in [3.63, 3.8) is 0 Å². The average molecular weight is 215 g/mol. The molecule has 0 radical (unpaired) electrons. The summed E-state index contributed by atoms with van der Waals surface area (Å²) < 4.78 is 0. The van der Waals surface area contributed by atoms with Gasteiger partial charge in [-0.2, -0.15) is 0 Å². The minimum atomic E-state index is -0.360.